The summed E-state index contributed by atoms with van der Waals surface area (Å²) in [6.07, 6.45) is 1.63. The SMILES string of the molecule is CCN(c1ccnc(C(N)=O)c1)C1CNC1. The summed E-state index contributed by atoms with van der Waals surface area (Å²) in [6, 6.07) is 4.17. The van der Waals surface area contributed by atoms with Crippen molar-refractivity contribution >= 4 is 11.6 Å². The maximum atomic E-state index is 11.0. The van der Waals surface area contributed by atoms with Gasteiger partial charge in [-0.3, -0.25) is 9.78 Å². The predicted molar refractivity (Wildman–Crippen MR) is 62.4 cm³/mol. The van der Waals surface area contributed by atoms with Crippen molar-refractivity contribution in [2.45, 2.75) is 13.0 Å². The van der Waals surface area contributed by atoms with Crippen LogP contribution in [0.15, 0.2) is 18.3 Å². The minimum absolute atomic E-state index is 0.322. The van der Waals surface area contributed by atoms with Gasteiger partial charge in [-0.25, -0.2) is 0 Å². The molecular formula is C11H16N4O. The Morgan fingerprint density at radius 1 is 1.69 bits per heavy atom. The van der Waals surface area contributed by atoms with Crippen molar-refractivity contribution in [1.82, 2.24) is 10.3 Å². The van der Waals surface area contributed by atoms with Crippen LogP contribution >= 0.6 is 0 Å². The fourth-order valence-corrected chi connectivity index (χ4v) is 1.88. The zero-order valence-electron chi connectivity index (χ0n) is 9.31. The molecule has 0 unspecified atom stereocenters. The van der Waals surface area contributed by atoms with E-state index in [0.29, 0.717) is 11.7 Å². The molecule has 0 saturated carbocycles. The minimum atomic E-state index is -0.482. The van der Waals surface area contributed by atoms with Gasteiger partial charge in [-0.2, -0.15) is 0 Å². The lowest BCUT2D eigenvalue weighted by Crippen LogP contribution is -2.57. The second kappa shape index (κ2) is 4.49. The summed E-state index contributed by atoms with van der Waals surface area (Å²) >= 11 is 0. The normalized spacial score (nSPS) is 15.6. The van der Waals surface area contributed by atoms with Gasteiger partial charge < -0.3 is 16.0 Å². The van der Waals surface area contributed by atoms with Gasteiger partial charge in [-0.1, -0.05) is 0 Å². The van der Waals surface area contributed by atoms with Crippen LogP contribution in [0.1, 0.15) is 17.4 Å². The third-order valence-corrected chi connectivity index (χ3v) is 2.87. The van der Waals surface area contributed by atoms with Crippen LogP contribution in [-0.2, 0) is 0 Å². The van der Waals surface area contributed by atoms with Crippen LogP contribution in [0.2, 0.25) is 0 Å². The van der Waals surface area contributed by atoms with Crippen LogP contribution < -0.4 is 16.0 Å². The lowest BCUT2D eigenvalue weighted by Gasteiger charge is -2.39. The molecule has 5 heteroatoms. The van der Waals surface area contributed by atoms with Crippen LogP contribution in [0.25, 0.3) is 0 Å². The van der Waals surface area contributed by atoms with Crippen LogP contribution in [0.5, 0.6) is 0 Å². The van der Waals surface area contributed by atoms with E-state index in [1.807, 2.05) is 6.07 Å². The smallest absolute Gasteiger partial charge is 0.267 e. The van der Waals surface area contributed by atoms with Crippen molar-refractivity contribution < 1.29 is 4.79 Å². The Bertz CT molecular complexity index is 389. The molecule has 3 N–H and O–H groups in total. The molecule has 0 atom stereocenters. The average Bonchev–Trinajstić information content (AvgIpc) is 2.23. The third kappa shape index (κ3) is 1.99. The van der Waals surface area contributed by atoms with E-state index in [2.05, 4.69) is 22.1 Å². The van der Waals surface area contributed by atoms with Gasteiger partial charge in [-0.05, 0) is 19.1 Å². The number of rotatable bonds is 4. The van der Waals surface area contributed by atoms with Gasteiger partial charge in [-0.15, -0.1) is 0 Å². The number of nitrogens with one attached hydrogen (secondary N) is 1. The Balaban J connectivity index is 2.23. The van der Waals surface area contributed by atoms with Crippen molar-refractivity contribution in [2.75, 3.05) is 24.5 Å². The summed E-state index contributed by atoms with van der Waals surface area (Å²) in [4.78, 5) is 17.2. The first kappa shape index (κ1) is 10.9. The lowest BCUT2D eigenvalue weighted by molar-refractivity contribution is 0.0995. The van der Waals surface area contributed by atoms with Crippen LogP contribution in [0.4, 0.5) is 5.69 Å². The van der Waals surface area contributed by atoms with Gasteiger partial charge in [0.2, 0.25) is 0 Å². The first-order valence-corrected chi connectivity index (χ1v) is 5.45. The molecule has 0 spiro atoms. The number of amides is 1. The summed E-state index contributed by atoms with van der Waals surface area (Å²) in [5, 5.41) is 3.23. The number of primary amides is 1. The van der Waals surface area contributed by atoms with Crippen LogP contribution in [0.3, 0.4) is 0 Å². The number of nitrogens with two attached hydrogens (primary N) is 1. The number of aromatic nitrogens is 1. The summed E-state index contributed by atoms with van der Waals surface area (Å²) in [6.45, 7) is 4.99. The summed E-state index contributed by atoms with van der Waals surface area (Å²) in [7, 11) is 0. The molecule has 2 heterocycles. The standard InChI is InChI=1S/C11H16N4O/c1-2-15(9-6-13-7-9)8-3-4-14-10(5-8)11(12)16/h3-5,9,13H,2,6-7H2,1H3,(H2,12,16). The number of hydrogen-bond acceptors (Lipinski definition) is 4. The number of carbonyl (C=O) groups excluding carboxylic acids is 1. The number of nitrogens with zero attached hydrogens (tertiary/aromatic N) is 2. The van der Waals surface area contributed by atoms with Crippen LogP contribution in [-0.4, -0.2) is 36.6 Å². The predicted octanol–water partition coefficient (Wildman–Crippen LogP) is -0.0214. The highest BCUT2D eigenvalue weighted by atomic mass is 16.1. The van der Waals surface area contributed by atoms with E-state index in [1.54, 1.807) is 12.3 Å². The molecule has 16 heavy (non-hydrogen) atoms. The maximum absolute atomic E-state index is 11.0. The zero-order valence-corrected chi connectivity index (χ0v) is 9.31. The Morgan fingerprint density at radius 2 is 2.44 bits per heavy atom. The molecule has 2 rings (SSSR count). The Morgan fingerprint density at radius 3 is 2.94 bits per heavy atom. The van der Waals surface area contributed by atoms with E-state index in [-0.39, 0.29) is 0 Å². The summed E-state index contributed by atoms with van der Waals surface area (Å²) in [5.41, 5.74) is 6.55. The van der Waals surface area contributed by atoms with Gasteiger partial charge in [0.25, 0.3) is 5.91 Å². The van der Waals surface area contributed by atoms with Gasteiger partial charge in [0.1, 0.15) is 5.69 Å². The first-order chi connectivity index (χ1) is 7.72. The zero-order chi connectivity index (χ0) is 11.5. The number of pyridine rings is 1. The highest BCUT2D eigenvalue weighted by Gasteiger charge is 2.23. The molecule has 1 saturated heterocycles. The van der Waals surface area contributed by atoms with E-state index in [4.69, 9.17) is 5.73 Å². The Hall–Kier alpha value is -1.62. The van der Waals surface area contributed by atoms with Crippen LogP contribution in [0, 0.1) is 0 Å². The van der Waals surface area contributed by atoms with E-state index >= 15 is 0 Å². The second-order valence-electron chi connectivity index (χ2n) is 3.86. The molecule has 1 aliphatic rings. The molecule has 5 nitrogen and oxygen atoms in total. The Kier molecular flexibility index (Phi) is 3.05. The van der Waals surface area contributed by atoms with Crippen molar-refractivity contribution in [2.24, 2.45) is 5.73 Å². The molecule has 86 valence electrons. The van der Waals surface area contributed by atoms with E-state index in [1.165, 1.54) is 0 Å². The second-order valence-corrected chi connectivity index (χ2v) is 3.86. The number of likely N-dealkylation sites (N-methyl/N-ethyl adjacent to an activating group) is 1. The average molecular weight is 220 g/mol. The fraction of sp³-hybridized carbons (Fsp3) is 0.455. The first-order valence-electron chi connectivity index (χ1n) is 5.45. The quantitative estimate of drug-likeness (QED) is 0.748. The highest BCUT2D eigenvalue weighted by Crippen LogP contribution is 2.18. The molecule has 1 fully saturated rings. The topological polar surface area (TPSA) is 71.2 Å². The summed E-state index contributed by atoms with van der Waals surface area (Å²) < 4.78 is 0. The maximum Gasteiger partial charge on any atom is 0.267 e. The van der Waals surface area contributed by atoms with Crippen molar-refractivity contribution in [3.8, 4) is 0 Å². The van der Waals surface area contributed by atoms with Gasteiger partial charge in [0.05, 0.1) is 6.04 Å². The monoisotopic (exact) mass is 220 g/mol. The van der Waals surface area contributed by atoms with E-state index < -0.39 is 5.91 Å². The highest BCUT2D eigenvalue weighted by molar-refractivity contribution is 5.91. The largest absolute Gasteiger partial charge is 0.366 e. The van der Waals surface area contributed by atoms with Crippen molar-refractivity contribution in [3.63, 3.8) is 0 Å². The number of hydrogen-bond donors (Lipinski definition) is 2. The van der Waals surface area contributed by atoms with E-state index in [0.717, 1.165) is 25.3 Å². The van der Waals surface area contributed by atoms with Gasteiger partial charge >= 0.3 is 0 Å². The molecule has 0 radical (unpaired) electrons. The third-order valence-electron chi connectivity index (χ3n) is 2.87. The van der Waals surface area contributed by atoms with Gasteiger partial charge in [0.15, 0.2) is 0 Å². The van der Waals surface area contributed by atoms with E-state index in [9.17, 15) is 4.79 Å². The molecule has 1 aliphatic heterocycles. The lowest BCUT2D eigenvalue weighted by atomic mass is 10.1. The van der Waals surface area contributed by atoms with Gasteiger partial charge in [0, 0.05) is 31.5 Å². The number of carbonyl (C=O) groups is 1. The molecule has 1 aromatic rings. The number of anilines is 1. The van der Waals surface area contributed by atoms with Crippen molar-refractivity contribution in [3.05, 3.63) is 24.0 Å². The molecular weight excluding hydrogens is 204 g/mol. The molecule has 1 amide bonds. The molecule has 0 aliphatic carbocycles. The fourth-order valence-electron chi connectivity index (χ4n) is 1.88. The summed E-state index contributed by atoms with van der Waals surface area (Å²) in [5.74, 6) is -0.482. The molecule has 1 aromatic heterocycles. The molecule has 0 bridgehead atoms. The van der Waals surface area contributed by atoms with Crippen molar-refractivity contribution in [1.29, 1.82) is 0 Å². The minimum Gasteiger partial charge on any atom is -0.366 e. The molecule has 0 aromatic carbocycles. The Labute approximate surface area is 94.6 Å².